The fraction of sp³-hybridized carbons (Fsp3) is 1.00. The van der Waals surface area contributed by atoms with Crippen molar-refractivity contribution in [3.63, 3.8) is 0 Å². The van der Waals surface area contributed by atoms with Crippen molar-refractivity contribution in [3.05, 3.63) is 0 Å². The molecule has 2 rings (SSSR count). The van der Waals surface area contributed by atoms with E-state index in [0.717, 1.165) is 12.8 Å². The number of aliphatic hydroxyl groups excluding tert-OH is 3. The average Bonchev–Trinajstić information content (AvgIpc) is 2.57. The quantitative estimate of drug-likeness (QED) is 0.484. The summed E-state index contributed by atoms with van der Waals surface area (Å²) >= 11 is 0. The highest BCUT2D eigenvalue weighted by atomic mass is 16.3. The van der Waals surface area contributed by atoms with Crippen LogP contribution in [0.2, 0.25) is 0 Å². The van der Waals surface area contributed by atoms with Gasteiger partial charge in [0.15, 0.2) is 0 Å². The minimum atomic E-state index is -0.511. The summed E-state index contributed by atoms with van der Waals surface area (Å²) in [6.07, 6.45) is 2.36. The number of hydrogen-bond acceptors (Lipinski definition) is 5. The molecular weight excluding hydrogens is 244 g/mol. The molecule has 0 bridgehead atoms. The van der Waals surface area contributed by atoms with Crippen molar-refractivity contribution in [3.8, 4) is 0 Å². The second kappa shape index (κ2) is 7.55. The molecule has 0 aliphatic heterocycles. The van der Waals surface area contributed by atoms with Crippen LogP contribution in [0.3, 0.4) is 0 Å². The van der Waals surface area contributed by atoms with Gasteiger partial charge in [-0.3, -0.25) is 0 Å². The molecule has 0 spiro atoms. The van der Waals surface area contributed by atoms with Crippen molar-refractivity contribution in [1.29, 1.82) is 0 Å². The molecule has 0 aromatic rings. The molecule has 2 aliphatic carbocycles. The van der Waals surface area contributed by atoms with E-state index in [4.69, 9.17) is 16.6 Å². The van der Waals surface area contributed by atoms with E-state index in [0.29, 0.717) is 13.1 Å². The fourth-order valence-electron chi connectivity index (χ4n) is 3.08. The molecule has 0 saturated heterocycles. The molecule has 114 valence electrons. The van der Waals surface area contributed by atoms with Crippen LogP contribution in [-0.4, -0.2) is 46.7 Å². The maximum atomic E-state index is 10.00. The Morgan fingerprint density at radius 2 is 1.32 bits per heavy atom. The van der Waals surface area contributed by atoms with Crippen LogP contribution in [0.5, 0.6) is 0 Å². The Kier molecular flexibility index (Phi) is 6.69. The van der Waals surface area contributed by atoms with Gasteiger partial charge in [0.05, 0.1) is 18.3 Å². The second-order valence-corrected chi connectivity index (χ2v) is 6.19. The third kappa shape index (κ3) is 3.89. The Morgan fingerprint density at radius 1 is 0.947 bits per heavy atom. The molecule has 0 unspecified atom stereocenters. The summed E-state index contributed by atoms with van der Waals surface area (Å²) in [5, 5.41) is 28.4. The minimum absolute atomic E-state index is 0.0533. The summed E-state index contributed by atoms with van der Waals surface area (Å²) in [6.45, 7) is 4.79. The first-order valence-corrected chi connectivity index (χ1v) is 7.38. The van der Waals surface area contributed by atoms with Gasteiger partial charge in [0, 0.05) is 17.8 Å². The number of hydrogen-bond donors (Lipinski definition) is 5. The lowest BCUT2D eigenvalue weighted by atomic mass is 9.89. The van der Waals surface area contributed by atoms with Crippen molar-refractivity contribution >= 4 is 0 Å². The van der Waals surface area contributed by atoms with Crippen molar-refractivity contribution in [1.82, 2.24) is 0 Å². The van der Waals surface area contributed by atoms with Gasteiger partial charge in [-0.15, -0.1) is 0 Å². The smallest absolute Gasteiger partial charge is 0.0639 e. The molecule has 4 atom stereocenters. The maximum absolute atomic E-state index is 10.00. The highest BCUT2D eigenvalue weighted by molar-refractivity contribution is 4.99. The summed E-state index contributed by atoms with van der Waals surface area (Å²) in [5.41, 5.74) is 11.2. The molecule has 2 fully saturated rings. The Balaban J connectivity index is 0.000000300. The van der Waals surface area contributed by atoms with Crippen LogP contribution in [0.15, 0.2) is 0 Å². The van der Waals surface area contributed by atoms with Crippen LogP contribution in [-0.2, 0) is 0 Å². The molecular formula is C14H30N2O3. The van der Waals surface area contributed by atoms with E-state index in [2.05, 4.69) is 0 Å². The standard InChI is InChI=1S/C10H22N2O2.C4H8O/c1-5(2)8-9(13)6(3-11)7(4-12)10(8)14;5-4-2-1-3-4/h5-10,13-14H,3-4,11-12H2,1-2H3;4-5H,1-3H2/t6-,7-,9+,10+;/m1./s1. The van der Waals surface area contributed by atoms with Crippen LogP contribution in [0.4, 0.5) is 0 Å². The molecule has 0 aromatic heterocycles. The Labute approximate surface area is 116 Å². The van der Waals surface area contributed by atoms with Gasteiger partial charge in [-0.05, 0) is 38.3 Å². The first-order chi connectivity index (χ1) is 8.93. The lowest BCUT2D eigenvalue weighted by molar-refractivity contribution is 0.0252. The van der Waals surface area contributed by atoms with Crippen LogP contribution in [0, 0.1) is 23.7 Å². The van der Waals surface area contributed by atoms with Crippen LogP contribution in [0.1, 0.15) is 33.1 Å². The third-order valence-corrected chi connectivity index (χ3v) is 4.60. The maximum Gasteiger partial charge on any atom is 0.0639 e. The van der Waals surface area contributed by atoms with E-state index in [9.17, 15) is 10.2 Å². The van der Waals surface area contributed by atoms with E-state index < -0.39 is 12.2 Å². The van der Waals surface area contributed by atoms with Crippen molar-refractivity contribution < 1.29 is 15.3 Å². The number of aliphatic hydroxyl groups is 3. The molecule has 0 radical (unpaired) electrons. The highest BCUT2D eigenvalue weighted by Crippen LogP contribution is 2.39. The Bertz CT molecular complexity index is 243. The van der Waals surface area contributed by atoms with Crippen LogP contribution in [0.25, 0.3) is 0 Å². The number of nitrogens with two attached hydrogens (primary N) is 2. The molecule has 0 aromatic carbocycles. The lowest BCUT2D eigenvalue weighted by Gasteiger charge is -2.23. The molecule has 19 heavy (non-hydrogen) atoms. The summed E-state index contributed by atoms with van der Waals surface area (Å²) in [5.74, 6) is 0.0625. The monoisotopic (exact) mass is 274 g/mol. The zero-order valence-corrected chi connectivity index (χ0v) is 12.1. The third-order valence-electron chi connectivity index (χ3n) is 4.60. The average molecular weight is 274 g/mol. The predicted octanol–water partition coefficient (Wildman–Crippen LogP) is -0.325. The van der Waals surface area contributed by atoms with Gasteiger partial charge in [0.2, 0.25) is 0 Å². The molecule has 5 heteroatoms. The summed E-state index contributed by atoms with van der Waals surface area (Å²) in [4.78, 5) is 0. The van der Waals surface area contributed by atoms with Gasteiger partial charge in [0.25, 0.3) is 0 Å². The van der Waals surface area contributed by atoms with Gasteiger partial charge >= 0.3 is 0 Å². The van der Waals surface area contributed by atoms with Crippen molar-refractivity contribution in [2.24, 2.45) is 35.1 Å². The minimum Gasteiger partial charge on any atom is -0.393 e. The first kappa shape index (κ1) is 16.9. The summed E-state index contributed by atoms with van der Waals surface area (Å²) in [7, 11) is 0. The van der Waals surface area contributed by atoms with Gasteiger partial charge in [-0.2, -0.15) is 0 Å². The van der Waals surface area contributed by atoms with Crippen LogP contribution < -0.4 is 11.5 Å². The Morgan fingerprint density at radius 3 is 1.47 bits per heavy atom. The van der Waals surface area contributed by atoms with Gasteiger partial charge in [0.1, 0.15) is 0 Å². The molecule has 7 N–H and O–H groups in total. The van der Waals surface area contributed by atoms with Gasteiger partial charge in [-0.25, -0.2) is 0 Å². The van der Waals surface area contributed by atoms with E-state index in [1.165, 1.54) is 6.42 Å². The summed E-state index contributed by atoms with van der Waals surface area (Å²) in [6, 6.07) is 0. The van der Waals surface area contributed by atoms with E-state index in [-0.39, 0.29) is 29.8 Å². The summed E-state index contributed by atoms with van der Waals surface area (Å²) < 4.78 is 0. The lowest BCUT2D eigenvalue weighted by Crippen LogP contribution is -2.34. The van der Waals surface area contributed by atoms with Crippen molar-refractivity contribution in [2.75, 3.05) is 13.1 Å². The molecule has 0 amide bonds. The second-order valence-electron chi connectivity index (χ2n) is 6.19. The SMILES string of the molecule is CC(C)C1[C@@H](O)[C@H](CN)[C@@H](CN)[C@@H]1O.OC1CCC1. The largest absolute Gasteiger partial charge is 0.393 e. The molecule has 5 nitrogen and oxygen atoms in total. The first-order valence-electron chi connectivity index (χ1n) is 7.38. The predicted molar refractivity (Wildman–Crippen MR) is 75.3 cm³/mol. The van der Waals surface area contributed by atoms with Gasteiger partial charge < -0.3 is 26.8 Å². The Hall–Kier alpha value is -0.200. The fourth-order valence-corrected chi connectivity index (χ4v) is 3.08. The molecule has 0 heterocycles. The highest BCUT2D eigenvalue weighted by Gasteiger charge is 2.48. The zero-order valence-electron chi connectivity index (χ0n) is 12.1. The molecule has 2 saturated carbocycles. The number of rotatable bonds is 3. The van der Waals surface area contributed by atoms with E-state index in [1.807, 2.05) is 13.8 Å². The topological polar surface area (TPSA) is 113 Å². The van der Waals surface area contributed by atoms with E-state index in [1.54, 1.807) is 0 Å². The van der Waals surface area contributed by atoms with E-state index >= 15 is 0 Å². The van der Waals surface area contributed by atoms with Crippen LogP contribution >= 0.6 is 0 Å². The normalized spacial score (nSPS) is 36.0. The molecule has 2 aliphatic rings. The van der Waals surface area contributed by atoms with Crippen molar-refractivity contribution in [2.45, 2.75) is 51.4 Å². The zero-order chi connectivity index (χ0) is 14.6. The van der Waals surface area contributed by atoms with Gasteiger partial charge in [-0.1, -0.05) is 13.8 Å².